The van der Waals surface area contributed by atoms with Gasteiger partial charge in [0.1, 0.15) is 11.4 Å². The number of alkyl halides is 6. The van der Waals surface area contributed by atoms with E-state index in [9.17, 15) is 56.7 Å². The van der Waals surface area contributed by atoms with Gasteiger partial charge in [0.15, 0.2) is 0 Å². The first-order chi connectivity index (χ1) is 14.0. The van der Waals surface area contributed by atoms with E-state index >= 15 is 0 Å². The molecule has 2 rings (SSSR count). The summed E-state index contributed by atoms with van der Waals surface area (Å²) in [5.41, 5.74) is -10.5. The zero-order chi connectivity index (χ0) is 23.9. The normalized spacial score (nSPS) is 11.8. The molecule has 0 aromatic heterocycles. The lowest BCUT2D eigenvalue weighted by Gasteiger charge is -2.16. The van der Waals surface area contributed by atoms with Gasteiger partial charge in [-0.25, -0.2) is 0 Å². The molecule has 0 atom stereocenters. The Labute approximate surface area is 170 Å². The van der Waals surface area contributed by atoms with E-state index in [1.165, 1.54) is 0 Å². The number of halogens is 7. The Morgan fingerprint density at radius 1 is 0.742 bits per heavy atom. The lowest BCUT2D eigenvalue weighted by atomic mass is 10.1. The fourth-order valence-electron chi connectivity index (χ4n) is 2.36. The molecular formula is C14H5ClF6N4O6. The van der Waals surface area contributed by atoms with Crippen molar-refractivity contribution in [1.82, 2.24) is 0 Å². The van der Waals surface area contributed by atoms with Gasteiger partial charge in [-0.3, -0.25) is 30.3 Å². The van der Waals surface area contributed by atoms with E-state index in [2.05, 4.69) is 0 Å². The third kappa shape index (κ3) is 4.90. The lowest BCUT2D eigenvalue weighted by molar-refractivity contribution is -0.394. The number of benzene rings is 2. The molecule has 10 nitrogen and oxygen atoms in total. The van der Waals surface area contributed by atoms with Crippen molar-refractivity contribution in [3.63, 3.8) is 0 Å². The summed E-state index contributed by atoms with van der Waals surface area (Å²) in [6, 6.07) is 0.167. The molecule has 2 aromatic rings. The van der Waals surface area contributed by atoms with E-state index in [0.29, 0.717) is 0 Å². The highest BCUT2D eigenvalue weighted by Gasteiger charge is 2.41. The molecule has 0 amide bonds. The van der Waals surface area contributed by atoms with E-state index in [4.69, 9.17) is 11.6 Å². The molecule has 0 bridgehead atoms. The van der Waals surface area contributed by atoms with Crippen molar-refractivity contribution < 1.29 is 41.1 Å². The number of nitro groups is 3. The van der Waals surface area contributed by atoms with Crippen LogP contribution in [0.1, 0.15) is 11.1 Å². The van der Waals surface area contributed by atoms with Crippen LogP contribution in [0.2, 0.25) is 5.02 Å². The molecule has 166 valence electrons. The third-order valence-electron chi connectivity index (χ3n) is 3.66. The number of hydrogen-bond acceptors (Lipinski definition) is 7. The smallest absolute Gasteiger partial charge is 0.343 e. The van der Waals surface area contributed by atoms with Crippen LogP contribution in [0.5, 0.6) is 0 Å². The maximum absolute atomic E-state index is 13.4. The zero-order valence-electron chi connectivity index (χ0n) is 14.2. The van der Waals surface area contributed by atoms with Gasteiger partial charge in [-0.05, 0) is 6.07 Å². The largest absolute Gasteiger partial charge is 0.418 e. The van der Waals surface area contributed by atoms with E-state index in [1.54, 1.807) is 5.32 Å². The summed E-state index contributed by atoms with van der Waals surface area (Å²) in [5.74, 6) is 0. The second-order valence-corrected chi connectivity index (χ2v) is 6.04. The van der Waals surface area contributed by atoms with E-state index < -0.39 is 71.7 Å². The molecule has 2 aromatic carbocycles. The summed E-state index contributed by atoms with van der Waals surface area (Å²) in [4.78, 5) is 29.0. The van der Waals surface area contributed by atoms with Crippen LogP contribution in [0.15, 0.2) is 24.3 Å². The highest BCUT2D eigenvalue weighted by atomic mass is 35.5. The Balaban J connectivity index is 2.86. The van der Waals surface area contributed by atoms with Crippen LogP contribution >= 0.6 is 11.6 Å². The summed E-state index contributed by atoms with van der Waals surface area (Å²) < 4.78 is 78.9. The number of nitro benzene ring substituents is 3. The second-order valence-electron chi connectivity index (χ2n) is 5.63. The molecule has 0 spiro atoms. The van der Waals surface area contributed by atoms with Crippen LogP contribution in [0, 0.1) is 30.3 Å². The van der Waals surface area contributed by atoms with Crippen molar-refractivity contribution in [2.24, 2.45) is 0 Å². The molecule has 0 unspecified atom stereocenters. The predicted octanol–water partition coefficient (Wildman–Crippen LogP) is 5.85. The van der Waals surface area contributed by atoms with Crippen LogP contribution in [-0.4, -0.2) is 14.8 Å². The van der Waals surface area contributed by atoms with Gasteiger partial charge in [0.2, 0.25) is 0 Å². The SMILES string of the molecule is O=[N+]([O-])c1cc([N+](=O)[O-])c(Nc2c(Cl)cc(C(F)(F)F)cc2[N+](=O)[O-])c(C(F)(F)F)c1. The van der Waals surface area contributed by atoms with Crippen molar-refractivity contribution in [3.8, 4) is 0 Å². The molecule has 0 aliphatic rings. The Morgan fingerprint density at radius 2 is 1.26 bits per heavy atom. The average Bonchev–Trinajstić information content (AvgIpc) is 2.60. The molecule has 0 fully saturated rings. The highest BCUT2D eigenvalue weighted by molar-refractivity contribution is 6.34. The van der Waals surface area contributed by atoms with Gasteiger partial charge in [0, 0.05) is 12.1 Å². The standard InChI is InChI=1S/C14H5ClF6N4O6/c15-8-1-5(13(16,17)18)2-9(24(28)29)12(8)22-11-7(14(19,20)21)3-6(23(26)27)4-10(11)25(30)31/h1-4,22H. The lowest BCUT2D eigenvalue weighted by Crippen LogP contribution is -2.13. The van der Waals surface area contributed by atoms with Crippen molar-refractivity contribution in [2.45, 2.75) is 12.4 Å². The molecule has 0 saturated heterocycles. The molecule has 0 heterocycles. The fraction of sp³-hybridized carbons (Fsp3) is 0.143. The molecule has 17 heteroatoms. The monoisotopic (exact) mass is 474 g/mol. The molecular weight excluding hydrogens is 470 g/mol. The minimum atomic E-state index is -5.44. The van der Waals surface area contributed by atoms with Crippen molar-refractivity contribution in [3.05, 3.63) is 70.8 Å². The first kappa shape index (κ1) is 23.6. The van der Waals surface area contributed by atoms with Gasteiger partial charge in [-0.1, -0.05) is 11.6 Å². The van der Waals surface area contributed by atoms with E-state index in [-0.39, 0.29) is 24.3 Å². The maximum atomic E-state index is 13.4. The number of anilines is 2. The Hall–Kier alpha value is -3.69. The van der Waals surface area contributed by atoms with Crippen molar-refractivity contribution >= 4 is 40.0 Å². The number of rotatable bonds is 5. The maximum Gasteiger partial charge on any atom is 0.418 e. The van der Waals surface area contributed by atoms with Gasteiger partial charge in [-0.15, -0.1) is 0 Å². The summed E-state index contributed by atoms with van der Waals surface area (Å²) in [6.45, 7) is 0. The second kappa shape index (κ2) is 7.86. The quantitative estimate of drug-likeness (QED) is 0.325. The van der Waals surface area contributed by atoms with Crippen molar-refractivity contribution in [1.29, 1.82) is 0 Å². The van der Waals surface area contributed by atoms with Gasteiger partial charge in [0.05, 0.1) is 37.0 Å². The summed E-state index contributed by atoms with van der Waals surface area (Å²) in [7, 11) is 0. The number of nitrogens with zero attached hydrogens (tertiary/aromatic N) is 3. The Kier molecular flexibility index (Phi) is 5.98. The summed E-state index contributed by atoms with van der Waals surface area (Å²) in [6.07, 6.45) is -10.5. The van der Waals surface area contributed by atoms with Crippen LogP contribution < -0.4 is 5.32 Å². The van der Waals surface area contributed by atoms with Crippen LogP contribution in [-0.2, 0) is 12.4 Å². The highest BCUT2D eigenvalue weighted by Crippen LogP contribution is 2.47. The first-order valence-electron chi connectivity index (χ1n) is 7.40. The van der Waals surface area contributed by atoms with Crippen LogP contribution in [0.4, 0.5) is 54.8 Å². The predicted molar refractivity (Wildman–Crippen MR) is 91.1 cm³/mol. The fourth-order valence-corrected chi connectivity index (χ4v) is 2.63. The number of non-ortho nitro benzene ring substituents is 1. The molecule has 31 heavy (non-hydrogen) atoms. The van der Waals surface area contributed by atoms with Crippen molar-refractivity contribution in [2.75, 3.05) is 5.32 Å². The summed E-state index contributed by atoms with van der Waals surface area (Å²) >= 11 is 5.59. The minimum absolute atomic E-state index is 0.0430. The molecule has 0 aliphatic heterocycles. The number of nitrogens with one attached hydrogen (secondary N) is 1. The zero-order valence-corrected chi connectivity index (χ0v) is 15.0. The minimum Gasteiger partial charge on any atom is -0.343 e. The van der Waals surface area contributed by atoms with Gasteiger partial charge in [0.25, 0.3) is 17.1 Å². The Bertz CT molecular complexity index is 1100. The van der Waals surface area contributed by atoms with Gasteiger partial charge >= 0.3 is 12.4 Å². The molecule has 0 radical (unpaired) electrons. The number of hydrogen-bond donors (Lipinski definition) is 1. The van der Waals surface area contributed by atoms with E-state index in [0.717, 1.165) is 0 Å². The molecule has 1 N–H and O–H groups in total. The van der Waals surface area contributed by atoms with Crippen LogP contribution in [0.3, 0.4) is 0 Å². The van der Waals surface area contributed by atoms with Gasteiger partial charge in [-0.2, -0.15) is 26.3 Å². The Morgan fingerprint density at radius 3 is 1.68 bits per heavy atom. The topological polar surface area (TPSA) is 141 Å². The summed E-state index contributed by atoms with van der Waals surface area (Å²) in [5, 5.41) is 33.8. The third-order valence-corrected chi connectivity index (χ3v) is 3.96. The molecule has 0 aliphatic carbocycles. The van der Waals surface area contributed by atoms with Gasteiger partial charge < -0.3 is 5.32 Å². The van der Waals surface area contributed by atoms with Crippen LogP contribution in [0.25, 0.3) is 0 Å². The van der Waals surface area contributed by atoms with E-state index in [1.807, 2.05) is 0 Å². The molecule has 0 saturated carbocycles. The first-order valence-corrected chi connectivity index (χ1v) is 7.78. The average molecular weight is 475 g/mol.